The summed E-state index contributed by atoms with van der Waals surface area (Å²) in [5, 5.41) is 0. The fraction of sp³-hybridized carbons (Fsp3) is 0.308. The molecule has 0 N–H and O–H groups in total. The van der Waals surface area contributed by atoms with Gasteiger partial charge in [0, 0.05) is 0 Å². The third-order valence-corrected chi connectivity index (χ3v) is 8.35. The standard InChI is InChI=1S/C26H16B2F15O2/c1-25(2)26(3,4)45-27(44-25)5-6-28(7-10(29)16(35)22(41)17(36)11(7)30,8-12(31)18(37)23(42)19(38)13(8)32)9-14(33)20(39)24(43)21(40)15(9)34/h5-6H2,1-4H3/q-1. The van der Waals surface area contributed by atoms with Crippen molar-refractivity contribution in [3.8, 4) is 0 Å². The van der Waals surface area contributed by atoms with Gasteiger partial charge < -0.3 is 9.31 Å². The molecule has 0 bridgehead atoms. The average molecular weight is 667 g/mol. The van der Waals surface area contributed by atoms with E-state index in [1.54, 1.807) is 0 Å². The molecular weight excluding hydrogens is 651 g/mol. The fourth-order valence-corrected chi connectivity index (χ4v) is 5.50. The number of hydrogen-bond acceptors (Lipinski definition) is 2. The van der Waals surface area contributed by atoms with E-state index in [-0.39, 0.29) is 0 Å². The van der Waals surface area contributed by atoms with E-state index in [4.69, 9.17) is 9.31 Å². The highest BCUT2D eigenvalue weighted by atomic mass is 19.2. The fourth-order valence-electron chi connectivity index (χ4n) is 5.50. The summed E-state index contributed by atoms with van der Waals surface area (Å²) >= 11 is 0. The zero-order chi connectivity index (χ0) is 34.3. The van der Waals surface area contributed by atoms with Crippen molar-refractivity contribution in [2.75, 3.05) is 0 Å². The molecule has 3 aromatic rings. The van der Waals surface area contributed by atoms with E-state index < -0.39 is 141 Å². The molecule has 1 fully saturated rings. The van der Waals surface area contributed by atoms with Gasteiger partial charge in [-0.15, -0.1) is 16.4 Å². The molecule has 0 aromatic heterocycles. The molecule has 0 radical (unpaired) electrons. The summed E-state index contributed by atoms with van der Waals surface area (Å²) < 4.78 is 234. The van der Waals surface area contributed by atoms with E-state index in [9.17, 15) is 39.5 Å². The second-order valence-corrected chi connectivity index (χ2v) is 11.3. The van der Waals surface area contributed by atoms with Gasteiger partial charge >= 0.3 is 7.12 Å². The van der Waals surface area contributed by atoms with Crippen LogP contribution in [-0.4, -0.2) is 24.5 Å². The number of halogens is 15. The SMILES string of the molecule is CC1(C)OB(CC[B-](c2c(F)c(F)c(F)c(F)c2F)(c2c(F)c(F)c(F)c(F)c2F)c2c(F)c(F)c(F)c(F)c2F)OC1(C)C. The predicted molar refractivity (Wildman–Crippen MR) is 129 cm³/mol. The van der Waals surface area contributed by atoms with Crippen LogP contribution in [-0.2, 0) is 9.31 Å². The highest BCUT2D eigenvalue weighted by Crippen LogP contribution is 2.39. The van der Waals surface area contributed by atoms with Gasteiger partial charge in [0.1, 0.15) is 41.0 Å². The molecule has 1 aliphatic heterocycles. The van der Waals surface area contributed by atoms with Crippen molar-refractivity contribution in [2.24, 2.45) is 0 Å². The molecule has 0 unspecified atom stereocenters. The Morgan fingerprint density at radius 2 is 0.600 bits per heavy atom. The van der Waals surface area contributed by atoms with E-state index in [1.807, 2.05) is 0 Å². The maximum absolute atomic E-state index is 15.5. The first-order chi connectivity index (χ1) is 20.6. The summed E-state index contributed by atoms with van der Waals surface area (Å²) in [5.41, 5.74) is -10.6. The Morgan fingerprint density at radius 3 is 0.822 bits per heavy atom. The van der Waals surface area contributed by atoms with Crippen LogP contribution < -0.4 is 16.4 Å². The minimum absolute atomic E-state index is 1.19. The summed E-state index contributed by atoms with van der Waals surface area (Å²) in [6.45, 7) is 5.57. The minimum atomic E-state index is -5.66. The normalized spacial score (nSPS) is 16.2. The van der Waals surface area contributed by atoms with Crippen LogP contribution in [0.4, 0.5) is 65.9 Å². The predicted octanol–water partition coefficient (Wildman–Crippen LogP) is 6.34. The Hall–Kier alpha value is -3.34. The van der Waals surface area contributed by atoms with E-state index in [1.165, 1.54) is 27.7 Å². The van der Waals surface area contributed by atoms with Gasteiger partial charge in [-0.05, 0) is 34.0 Å². The average Bonchev–Trinajstić information content (AvgIpc) is 3.19. The molecule has 0 spiro atoms. The molecule has 244 valence electrons. The Kier molecular flexibility index (Phi) is 8.57. The molecule has 1 aliphatic rings. The van der Waals surface area contributed by atoms with Gasteiger partial charge in [0.05, 0.1) is 11.2 Å². The van der Waals surface area contributed by atoms with Crippen molar-refractivity contribution in [3.05, 3.63) is 87.3 Å². The van der Waals surface area contributed by atoms with Crippen LogP contribution in [0.3, 0.4) is 0 Å². The molecule has 3 aromatic carbocycles. The van der Waals surface area contributed by atoms with Crippen molar-refractivity contribution in [2.45, 2.75) is 51.5 Å². The Labute approximate surface area is 244 Å². The van der Waals surface area contributed by atoms with Crippen molar-refractivity contribution >= 4 is 29.7 Å². The first-order valence-corrected chi connectivity index (χ1v) is 12.6. The molecule has 19 heteroatoms. The second kappa shape index (κ2) is 11.2. The van der Waals surface area contributed by atoms with Gasteiger partial charge in [-0.25, -0.2) is 65.9 Å². The Balaban J connectivity index is 2.31. The zero-order valence-electron chi connectivity index (χ0n) is 23.1. The summed E-state index contributed by atoms with van der Waals surface area (Å²) in [6, 6.07) is 0. The Bertz CT molecular complexity index is 1470. The van der Waals surface area contributed by atoms with E-state index >= 15 is 26.3 Å². The van der Waals surface area contributed by atoms with Gasteiger partial charge in [-0.3, -0.25) is 0 Å². The van der Waals surface area contributed by atoms with Crippen molar-refractivity contribution in [1.29, 1.82) is 0 Å². The quantitative estimate of drug-likeness (QED) is 0.133. The second-order valence-electron chi connectivity index (χ2n) is 11.3. The lowest BCUT2D eigenvalue weighted by molar-refractivity contribution is 0.00578. The molecule has 45 heavy (non-hydrogen) atoms. The zero-order valence-corrected chi connectivity index (χ0v) is 23.1. The summed E-state index contributed by atoms with van der Waals surface area (Å²) in [5.74, 6) is -45.5. The van der Waals surface area contributed by atoms with Crippen molar-refractivity contribution in [3.63, 3.8) is 0 Å². The van der Waals surface area contributed by atoms with Gasteiger partial charge in [0.25, 0.3) is 0 Å². The topological polar surface area (TPSA) is 18.5 Å². The van der Waals surface area contributed by atoms with Crippen molar-refractivity contribution < 1.29 is 75.2 Å². The minimum Gasteiger partial charge on any atom is -0.403 e. The van der Waals surface area contributed by atoms with Gasteiger partial charge in [-0.1, -0.05) is 0 Å². The van der Waals surface area contributed by atoms with E-state index in [0.29, 0.717) is 0 Å². The lowest BCUT2D eigenvalue weighted by Crippen LogP contribution is -2.73. The lowest BCUT2D eigenvalue weighted by atomic mass is 9.13. The highest BCUT2D eigenvalue weighted by Gasteiger charge is 2.53. The van der Waals surface area contributed by atoms with Crippen LogP contribution in [0.15, 0.2) is 0 Å². The molecule has 2 nitrogen and oxygen atoms in total. The van der Waals surface area contributed by atoms with Crippen LogP contribution >= 0.6 is 0 Å². The molecule has 0 aliphatic carbocycles. The smallest absolute Gasteiger partial charge is 0.403 e. The van der Waals surface area contributed by atoms with Crippen LogP contribution in [0.5, 0.6) is 0 Å². The van der Waals surface area contributed by atoms with Crippen LogP contribution in [0.2, 0.25) is 12.6 Å². The monoisotopic (exact) mass is 667 g/mol. The number of hydrogen-bond donors (Lipinski definition) is 0. The van der Waals surface area contributed by atoms with E-state index in [2.05, 4.69) is 0 Å². The molecule has 0 saturated carbocycles. The molecular formula is C26H16B2F15O2-. The maximum atomic E-state index is 15.5. The number of rotatable bonds is 6. The van der Waals surface area contributed by atoms with Gasteiger partial charge in [0.15, 0.2) is 52.4 Å². The van der Waals surface area contributed by atoms with Gasteiger partial charge in [0.2, 0.25) is 0 Å². The molecule has 0 atom stereocenters. The van der Waals surface area contributed by atoms with E-state index in [0.717, 1.165) is 0 Å². The molecule has 1 saturated heterocycles. The first-order valence-electron chi connectivity index (χ1n) is 12.6. The summed E-state index contributed by atoms with van der Waals surface area (Å²) in [4.78, 5) is 0. The third kappa shape index (κ3) is 4.87. The van der Waals surface area contributed by atoms with Crippen LogP contribution in [0, 0.1) is 87.3 Å². The van der Waals surface area contributed by atoms with Crippen molar-refractivity contribution in [1.82, 2.24) is 0 Å². The highest BCUT2D eigenvalue weighted by molar-refractivity contribution is 7.12. The largest absolute Gasteiger partial charge is 0.454 e. The van der Waals surface area contributed by atoms with Gasteiger partial charge in [-0.2, -0.15) is 6.32 Å². The third-order valence-electron chi connectivity index (χ3n) is 8.35. The lowest BCUT2D eigenvalue weighted by Gasteiger charge is -2.44. The van der Waals surface area contributed by atoms with Crippen LogP contribution in [0.25, 0.3) is 0 Å². The van der Waals surface area contributed by atoms with Crippen LogP contribution in [0.1, 0.15) is 27.7 Å². The number of benzene rings is 3. The first kappa shape index (κ1) is 34.5. The Morgan fingerprint density at radius 1 is 0.400 bits per heavy atom. The molecule has 1 heterocycles. The molecule has 0 amide bonds. The molecule has 4 rings (SSSR count). The summed E-state index contributed by atoms with van der Waals surface area (Å²) in [7, 11) is -1.78. The summed E-state index contributed by atoms with van der Waals surface area (Å²) in [6.07, 6.45) is -8.70. The maximum Gasteiger partial charge on any atom is 0.454 e.